The molecule has 9 heteroatoms. The maximum atomic E-state index is 11.8. The van der Waals surface area contributed by atoms with Gasteiger partial charge in [-0.25, -0.2) is 12.7 Å². The van der Waals surface area contributed by atoms with Gasteiger partial charge in [0.1, 0.15) is 0 Å². The quantitative estimate of drug-likeness (QED) is 0.557. The Morgan fingerprint density at radius 1 is 1.38 bits per heavy atom. The van der Waals surface area contributed by atoms with Crippen LogP contribution < -0.4 is 11.1 Å². The minimum Gasteiger partial charge on any atom is -0.481 e. The Balaban J connectivity index is 2.38. The monoisotopic (exact) mass is 321 g/mol. The summed E-state index contributed by atoms with van der Waals surface area (Å²) in [5.41, 5.74) is 5.62. The van der Waals surface area contributed by atoms with E-state index in [4.69, 9.17) is 10.8 Å². The van der Waals surface area contributed by atoms with E-state index in [0.29, 0.717) is 25.9 Å². The zero-order chi connectivity index (χ0) is 16.0. The van der Waals surface area contributed by atoms with Crippen LogP contribution in [0.25, 0.3) is 0 Å². The molecule has 0 saturated carbocycles. The fourth-order valence-corrected chi connectivity index (χ4v) is 3.31. The molecule has 1 heterocycles. The first kappa shape index (κ1) is 17.9. The highest BCUT2D eigenvalue weighted by Crippen LogP contribution is 2.14. The van der Waals surface area contributed by atoms with Crippen LogP contribution >= 0.6 is 0 Å². The molecule has 1 saturated heterocycles. The van der Waals surface area contributed by atoms with E-state index in [9.17, 15) is 18.0 Å². The molecule has 0 bridgehead atoms. The van der Waals surface area contributed by atoms with E-state index in [1.807, 2.05) is 0 Å². The van der Waals surface area contributed by atoms with Gasteiger partial charge in [0.15, 0.2) is 0 Å². The van der Waals surface area contributed by atoms with Crippen molar-refractivity contribution in [3.8, 4) is 0 Å². The second-order valence-corrected chi connectivity index (χ2v) is 7.38. The molecule has 4 N–H and O–H groups in total. The molecular weight excluding hydrogens is 298 g/mol. The maximum absolute atomic E-state index is 11.8. The Morgan fingerprint density at radius 2 is 1.95 bits per heavy atom. The molecule has 1 unspecified atom stereocenters. The van der Waals surface area contributed by atoms with Crippen LogP contribution in [0.5, 0.6) is 0 Å². The van der Waals surface area contributed by atoms with E-state index >= 15 is 0 Å². The molecule has 1 aliphatic heterocycles. The normalized spacial score (nSPS) is 19.1. The summed E-state index contributed by atoms with van der Waals surface area (Å²) in [5.74, 6) is -1.30. The molecule has 8 nitrogen and oxygen atoms in total. The molecule has 21 heavy (non-hydrogen) atoms. The minimum atomic E-state index is -3.18. The number of hydrogen-bond acceptors (Lipinski definition) is 5. The third-order valence-electron chi connectivity index (χ3n) is 3.56. The summed E-state index contributed by atoms with van der Waals surface area (Å²) in [6.07, 6.45) is 1.01. The van der Waals surface area contributed by atoms with Gasteiger partial charge in [-0.05, 0) is 26.2 Å². The molecule has 122 valence electrons. The lowest BCUT2D eigenvalue weighted by Gasteiger charge is -2.31. The standard InChI is InChI=1S/C12H23N3O5S/c1-2-21(19,20)15-7-5-9(6-8-15)14-12(18)10(13)3-4-11(16)17/h9-10H,2-8,13H2,1H3,(H,14,18)(H,16,17). The number of rotatable bonds is 7. The van der Waals surface area contributed by atoms with Gasteiger partial charge in [0.25, 0.3) is 0 Å². The van der Waals surface area contributed by atoms with Crippen molar-refractivity contribution < 1.29 is 23.1 Å². The van der Waals surface area contributed by atoms with E-state index in [1.165, 1.54) is 4.31 Å². The predicted molar refractivity (Wildman–Crippen MR) is 77.0 cm³/mol. The molecule has 1 atom stereocenters. The van der Waals surface area contributed by atoms with Crippen LogP contribution in [-0.2, 0) is 19.6 Å². The average molecular weight is 321 g/mol. The maximum Gasteiger partial charge on any atom is 0.303 e. The topological polar surface area (TPSA) is 130 Å². The third kappa shape index (κ3) is 5.60. The van der Waals surface area contributed by atoms with Crippen LogP contribution in [-0.4, -0.2) is 60.6 Å². The number of hydrogen-bond donors (Lipinski definition) is 3. The van der Waals surface area contributed by atoms with Crippen LogP contribution in [0.3, 0.4) is 0 Å². The molecule has 1 amide bonds. The van der Waals surface area contributed by atoms with Gasteiger partial charge in [0.05, 0.1) is 11.8 Å². The van der Waals surface area contributed by atoms with Crippen LogP contribution in [0.4, 0.5) is 0 Å². The SMILES string of the molecule is CCS(=O)(=O)N1CCC(NC(=O)C(N)CCC(=O)O)CC1. The van der Waals surface area contributed by atoms with Gasteiger partial charge < -0.3 is 16.2 Å². The molecular formula is C12H23N3O5S. The van der Waals surface area contributed by atoms with Gasteiger partial charge in [0.2, 0.25) is 15.9 Å². The lowest BCUT2D eigenvalue weighted by molar-refractivity contribution is -0.137. The van der Waals surface area contributed by atoms with E-state index in [2.05, 4.69) is 5.32 Å². The largest absolute Gasteiger partial charge is 0.481 e. The summed E-state index contributed by atoms with van der Waals surface area (Å²) in [6.45, 7) is 2.36. The number of aliphatic carboxylic acids is 1. The van der Waals surface area contributed by atoms with Crippen molar-refractivity contribution in [2.75, 3.05) is 18.8 Å². The van der Waals surface area contributed by atoms with Crippen molar-refractivity contribution in [3.05, 3.63) is 0 Å². The number of carbonyl (C=O) groups excluding carboxylic acids is 1. The number of nitrogens with one attached hydrogen (secondary N) is 1. The summed E-state index contributed by atoms with van der Waals surface area (Å²) in [7, 11) is -3.18. The lowest BCUT2D eigenvalue weighted by atomic mass is 10.1. The fourth-order valence-electron chi connectivity index (χ4n) is 2.18. The Bertz CT molecular complexity index is 471. The Hall–Kier alpha value is -1.19. The number of piperidine rings is 1. The highest BCUT2D eigenvalue weighted by molar-refractivity contribution is 7.89. The number of sulfonamides is 1. The first-order chi connectivity index (χ1) is 9.76. The van der Waals surface area contributed by atoms with Gasteiger partial charge in [-0.3, -0.25) is 9.59 Å². The molecule has 1 rings (SSSR count). The molecule has 0 aliphatic carbocycles. The van der Waals surface area contributed by atoms with Gasteiger partial charge in [-0.1, -0.05) is 0 Å². The summed E-state index contributed by atoms with van der Waals surface area (Å²) in [5, 5.41) is 11.3. The number of amides is 1. The molecule has 0 aromatic rings. The summed E-state index contributed by atoms with van der Waals surface area (Å²) >= 11 is 0. The van der Waals surface area contributed by atoms with Crippen molar-refractivity contribution in [1.29, 1.82) is 0 Å². The van der Waals surface area contributed by atoms with E-state index in [-0.39, 0.29) is 30.5 Å². The lowest BCUT2D eigenvalue weighted by Crippen LogP contribution is -2.50. The number of nitrogens with two attached hydrogens (primary N) is 1. The van der Waals surface area contributed by atoms with Gasteiger partial charge in [-0.2, -0.15) is 0 Å². The molecule has 0 aromatic carbocycles. The number of carbonyl (C=O) groups is 2. The Morgan fingerprint density at radius 3 is 2.43 bits per heavy atom. The zero-order valence-corrected chi connectivity index (χ0v) is 12.9. The second kappa shape index (κ2) is 7.71. The van der Waals surface area contributed by atoms with E-state index < -0.39 is 22.0 Å². The van der Waals surface area contributed by atoms with Gasteiger partial charge in [-0.15, -0.1) is 0 Å². The molecule has 1 aliphatic rings. The second-order valence-electron chi connectivity index (χ2n) is 5.12. The fraction of sp³-hybridized carbons (Fsp3) is 0.833. The first-order valence-electron chi connectivity index (χ1n) is 7.01. The summed E-state index contributed by atoms with van der Waals surface area (Å²) in [4.78, 5) is 22.2. The van der Waals surface area contributed by atoms with Gasteiger partial charge >= 0.3 is 5.97 Å². The Kier molecular flexibility index (Phi) is 6.56. The minimum absolute atomic E-state index is 0.0735. The third-order valence-corrected chi connectivity index (χ3v) is 5.45. The Labute approximate surface area is 124 Å². The summed E-state index contributed by atoms with van der Waals surface area (Å²) in [6, 6.07) is -0.963. The van der Waals surface area contributed by atoms with Crippen molar-refractivity contribution in [2.45, 2.75) is 44.7 Å². The number of nitrogens with zero attached hydrogens (tertiary/aromatic N) is 1. The highest BCUT2D eigenvalue weighted by Gasteiger charge is 2.28. The van der Waals surface area contributed by atoms with Crippen LogP contribution in [0.15, 0.2) is 0 Å². The molecule has 1 fully saturated rings. The van der Waals surface area contributed by atoms with Crippen LogP contribution in [0, 0.1) is 0 Å². The van der Waals surface area contributed by atoms with Crippen molar-refractivity contribution in [3.63, 3.8) is 0 Å². The zero-order valence-electron chi connectivity index (χ0n) is 12.1. The predicted octanol–water partition coefficient (Wildman–Crippen LogP) is -0.891. The first-order valence-corrected chi connectivity index (χ1v) is 8.62. The number of carboxylic acids is 1. The number of carboxylic acid groups (broad SMARTS) is 1. The van der Waals surface area contributed by atoms with Crippen molar-refractivity contribution in [1.82, 2.24) is 9.62 Å². The van der Waals surface area contributed by atoms with E-state index in [1.54, 1.807) is 6.92 Å². The van der Waals surface area contributed by atoms with Crippen LogP contribution in [0.2, 0.25) is 0 Å². The molecule has 0 aromatic heterocycles. The average Bonchev–Trinajstić information content (AvgIpc) is 2.45. The molecule has 0 radical (unpaired) electrons. The van der Waals surface area contributed by atoms with Crippen molar-refractivity contribution in [2.24, 2.45) is 5.73 Å². The summed E-state index contributed by atoms with van der Waals surface area (Å²) < 4.78 is 24.8. The van der Waals surface area contributed by atoms with Gasteiger partial charge in [0, 0.05) is 25.6 Å². The van der Waals surface area contributed by atoms with Crippen LogP contribution in [0.1, 0.15) is 32.6 Å². The van der Waals surface area contributed by atoms with E-state index in [0.717, 1.165) is 0 Å². The smallest absolute Gasteiger partial charge is 0.303 e. The highest BCUT2D eigenvalue weighted by atomic mass is 32.2. The van der Waals surface area contributed by atoms with Crippen molar-refractivity contribution >= 4 is 21.9 Å². The molecule has 0 spiro atoms.